The minimum atomic E-state index is -0.201. The molecule has 3 heterocycles. The van der Waals surface area contributed by atoms with Gasteiger partial charge in [0.1, 0.15) is 0 Å². The second kappa shape index (κ2) is 16.7. The van der Waals surface area contributed by atoms with Gasteiger partial charge in [-0.25, -0.2) is 9.97 Å². The molecule has 1 aliphatic rings. The van der Waals surface area contributed by atoms with E-state index >= 15 is 0 Å². The number of pyridine rings is 2. The molecule has 2 aromatic heterocycles. The third-order valence-electron chi connectivity index (χ3n) is 5.41. The van der Waals surface area contributed by atoms with Gasteiger partial charge in [-0.15, -0.1) is 0 Å². The van der Waals surface area contributed by atoms with Crippen LogP contribution in [0.3, 0.4) is 0 Å². The molecule has 0 aliphatic carbocycles. The predicted octanol–water partition coefficient (Wildman–Crippen LogP) is 1.29. The lowest BCUT2D eigenvalue weighted by atomic mass is 10.1. The van der Waals surface area contributed by atoms with E-state index in [9.17, 15) is 9.59 Å². The maximum absolute atomic E-state index is 12.2. The summed E-state index contributed by atoms with van der Waals surface area (Å²) in [6.45, 7) is 1.14. The Bertz CT molecular complexity index is 1060. The summed E-state index contributed by atoms with van der Waals surface area (Å²) < 4.78 is 9.95. The van der Waals surface area contributed by atoms with Crippen molar-refractivity contribution in [1.82, 2.24) is 14.9 Å². The number of rotatable bonds is 9. The number of aryl methyl sites for hydroxylation is 2. The van der Waals surface area contributed by atoms with Crippen LogP contribution in [-0.4, -0.2) is 59.5 Å². The first-order valence-electron chi connectivity index (χ1n) is 11.5. The van der Waals surface area contributed by atoms with Crippen LogP contribution in [0.4, 0.5) is 0 Å². The van der Waals surface area contributed by atoms with Crippen LogP contribution in [0.5, 0.6) is 11.8 Å². The summed E-state index contributed by atoms with van der Waals surface area (Å²) in [7, 11) is 3.19. The van der Waals surface area contributed by atoms with Gasteiger partial charge < -0.3 is 20.7 Å². The maximum atomic E-state index is 12.2. The van der Waals surface area contributed by atoms with Crippen LogP contribution in [0.15, 0.2) is 60.9 Å². The lowest BCUT2D eigenvalue weighted by Crippen LogP contribution is -2.30. The number of aromatic nitrogens is 2. The fourth-order valence-electron chi connectivity index (χ4n) is 3.55. The van der Waals surface area contributed by atoms with Crippen LogP contribution < -0.4 is 26.9 Å². The normalized spacial score (nSPS) is 11.3. The van der Waals surface area contributed by atoms with Crippen LogP contribution in [0.2, 0.25) is 0 Å². The summed E-state index contributed by atoms with van der Waals surface area (Å²) in [5.41, 5.74) is 8.65. The van der Waals surface area contributed by atoms with E-state index in [2.05, 4.69) is 21.7 Å². The number of benzene rings is 1. The molecule has 11 nitrogen and oxygen atoms in total. The zero-order valence-corrected chi connectivity index (χ0v) is 21.2. The van der Waals surface area contributed by atoms with Crippen molar-refractivity contribution in [2.45, 2.75) is 25.7 Å². The predicted molar refractivity (Wildman–Crippen MR) is 141 cm³/mol. The summed E-state index contributed by atoms with van der Waals surface area (Å²) in [5.74, 6) is 8.83. The van der Waals surface area contributed by atoms with Gasteiger partial charge in [0, 0.05) is 31.1 Å². The van der Waals surface area contributed by atoms with E-state index in [1.54, 1.807) is 50.7 Å². The molecule has 2 amide bonds. The van der Waals surface area contributed by atoms with E-state index in [-0.39, 0.29) is 17.3 Å². The summed E-state index contributed by atoms with van der Waals surface area (Å²) in [6.07, 6.45) is 7.04. The summed E-state index contributed by atoms with van der Waals surface area (Å²) in [6, 6.07) is 14.6. The van der Waals surface area contributed by atoms with Crippen molar-refractivity contribution in [2.75, 3.05) is 27.3 Å². The van der Waals surface area contributed by atoms with Crippen molar-refractivity contribution < 1.29 is 24.5 Å². The summed E-state index contributed by atoms with van der Waals surface area (Å²) in [5, 5.41) is 0. The molecule has 0 saturated carbocycles. The Kier molecular flexibility index (Phi) is 14.1. The third-order valence-corrected chi connectivity index (χ3v) is 5.41. The van der Waals surface area contributed by atoms with Crippen molar-refractivity contribution in [3.8, 4) is 11.8 Å². The van der Waals surface area contributed by atoms with E-state index in [0.717, 1.165) is 31.4 Å². The number of hydrogen-bond donors (Lipinski definition) is 3. The number of fused-ring (bicyclic) bond motifs is 1. The van der Waals surface area contributed by atoms with Crippen LogP contribution in [0.1, 0.15) is 44.7 Å². The highest BCUT2D eigenvalue weighted by molar-refractivity contribution is 6.21. The maximum Gasteiger partial charge on any atom is 0.261 e. The molecule has 0 atom stereocenters. The highest BCUT2D eigenvalue weighted by atomic mass is 16.5. The number of carbonyl (C=O) groups excluding carboxylic acids is 2. The topological polar surface area (TPSA) is 191 Å². The Labute approximate surface area is 216 Å². The molecule has 0 spiro atoms. The number of amides is 2. The lowest BCUT2D eigenvalue weighted by Gasteiger charge is -2.13. The van der Waals surface area contributed by atoms with Crippen LogP contribution in [0.25, 0.3) is 0 Å². The summed E-state index contributed by atoms with van der Waals surface area (Å²) in [4.78, 5) is 34.0. The van der Waals surface area contributed by atoms with Gasteiger partial charge in [0.05, 0.1) is 25.3 Å². The number of hydrogen-bond acceptors (Lipinski definition) is 9. The van der Waals surface area contributed by atoms with E-state index in [0.29, 0.717) is 35.9 Å². The zero-order chi connectivity index (χ0) is 26.3. The van der Waals surface area contributed by atoms with Gasteiger partial charge >= 0.3 is 0 Å². The van der Waals surface area contributed by atoms with Gasteiger partial charge in [-0.3, -0.25) is 26.2 Å². The number of ether oxygens (including phenoxy) is 2. The molecule has 1 aliphatic heterocycles. The van der Waals surface area contributed by atoms with Crippen molar-refractivity contribution in [2.24, 2.45) is 17.4 Å². The first kappa shape index (κ1) is 31.1. The number of hydrazine groups is 1. The highest BCUT2D eigenvalue weighted by Gasteiger charge is 2.34. The number of imide groups is 1. The molecule has 4 rings (SSSR count). The fraction of sp³-hybridized carbons (Fsp3) is 0.308. The van der Waals surface area contributed by atoms with Gasteiger partial charge in [0.2, 0.25) is 11.8 Å². The Balaban J connectivity index is 0.000000390. The number of nitrogens with two attached hydrogens (primary N) is 3. The molecule has 0 radical (unpaired) electrons. The van der Waals surface area contributed by atoms with Crippen molar-refractivity contribution >= 4 is 11.8 Å². The average Bonchev–Trinajstić information content (AvgIpc) is 3.19. The van der Waals surface area contributed by atoms with E-state index in [1.165, 1.54) is 10.5 Å². The first-order chi connectivity index (χ1) is 17.6. The number of methoxy groups -OCH3 is 2. The lowest BCUT2D eigenvalue weighted by molar-refractivity contribution is 0.0652. The second-order valence-corrected chi connectivity index (χ2v) is 7.72. The molecule has 3 aromatic rings. The van der Waals surface area contributed by atoms with E-state index < -0.39 is 0 Å². The molecule has 0 bridgehead atoms. The molecule has 1 aromatic carbocycles. The average molecular weight is 513 g/mol. The van der Waals surface area contributed by atoms with Crippen LogP contribution in [0, 0.1) is 0 Å². The van der Waals surface area contributed by atoms with Gasteiger partial charge in [-0.1, -0.05) is 24.3 Å². The molecular weight excluding hydrogens is 476 g/mol. The van der Waals surface area contributed by atoms with Crippen molar-refractivity contribution in [3.05, 3.63) is 83.2 Å². The summed E-state index contributed by atoms with van der Waals surface area (Å²) >= 11 is 0. The van der Waals surface area contributed by atoms with Crippen molar-refractivity contribution in [3.63, 3.8) is 0 Å². The van der Waals surface area contributed by atoms with Crippen molar-refractivity contribution in [1.29, 1.82) is 0 Å². The van der Waals surface area contributed by atoms with Gasteiger partial charge in [0.15, 0.2) is 0 Å². The molecule has 0 unspecified atom stereocenters. The number of carbonyl (C=O) groups is 2. The zero-order valence-electron chi connectivity index (χ0n) is 21.2. The largest absolute Gasteiger partial charge is 0.481 e. The number of nitrogens with zero attached hydrogens (tertiary/aromatic N) is 3. The fourth-order valence-corrected chi connectivity index (χ4v) is 3.55. The third kappa shape index (κ3) is 8.92. The Morgan fingerprint density at radius 2 is 1.22 bits per heavy atom. The quantitative estimate of drug-likeness (QED) is 0.215. The Morgan fingerprint density at radius 3 is 1.59 bits per heavy atom. The van der Waals surface area contributed by atoms with Gasteiger partial charge in [-0.05, 0) is 55.5 Å². The van der Waals surface area contributed by atoms with Gasteiger partial charge in [0.25, 0.3) is 11.8 Å². The first-order valence-corrected chi connectivity index (χ1v) is 11.5. The molecule has 0 saturated heterocycles. The smallest absolute Gasteiger partial charge is 0.261 e. The minimum Gasteiger partial charge on any atom is -0.481 e. The second-order valence-electron chi connectivity index (χ2n) is 7.72. The Hall–Kier alpha value is -3.90. The molecule has 200 valence electrons. The van der Waals surface area contributed by atoms with Crippen LogP contribution in [-0.2, 0) is 12.8 Å². The van der Waals surface area contributed by atoms with E-state index in [4.69, 9.17) is 15.2 Å². The molecule has 11 heteroatoms. The minimum absolute atomic E-state index is 0. The standard InChI is InChI=1S/C17H16N2O3.C9H14N2O.H4N2.H2O/c1-22-15-9-8-12(11-18-15)5-4-10-19-16(20)13-6-2-3-7-14(13)17(19)21;1-12-9-5-4-8(7-11-9)3-2-6-10;1-2;/h2-3,6-9,11H,4-5,10H2,1H3;4-5,7H,2-3,6,10H2,1H3;1-2H2;1H2. The molecular formula is C26H36N6O5. The molecule has 0 fully saturated rings. The van der Waals surface area contributed by atoms with Crippen LogP contribution >= 0.6 is 0 Å². The monoisotopic (exact) mass is 512 g/mol. The molecule has 8 N–H and O–H groups in total. The SMILES string of the molecule is COc1ccc(CCCN)cn1.COc1ccc(CCCN2C(=O)c3ccccc3C2=O)cn1.NN.O. The van der Waals surface area contributed by atoms with E-state index in [1.807, 2.05) is 24.4 Å². The van der Waals surface area contributed by atoms with Gasteiger partial charge in [-0.2, -0.15) is 0 Å². The molecule has 37 heavy (non-hydrogen) atoms. The highest BCUT2D eigenvalue weighted by Crippen LogP contribution is 2.22. The Morgan fingerprint density at radius 1 is 0.757 bits per heavy atom.